The molecule has 0 amide bonds. The summed E-state index contributed by atoms with van der Waals surface area (Å²) < 4.78 is 0. The van der Waals surface area contributed by atoms with Crippen LogP contribution >= 0.6 is 0 Å². The molecule has 22 heavy (non-hydrogen) atoms. The molecule has 0 radical (unpaired) electrons. The second kappa shape index (κ2) is 6.66. The molecule has 0 unspecified atom stereocenters. The third-order valence-electron chi connectivity index (χ3n) is 4.28. The van der Waals surface area contributed by atoms with Crippen molar-refractivity contribution < 1.29 is 5.11 Å². The number of hydrogen-bond acceptors (Lipinski definition) is 3. The molecule has 0 aliphatic rings. The topological polar surface area (TPSA) is 36.4 Å². The summed E-state index contributed by atoms with van der Waals surface area (Å²) in [7, 11) is 2.07. The van der Waals surface area contributed by atoms with Gasteiger partial charge in [-0.05, 0) is 49.2 Å². The van der Waals surface area contributed by atoms with E-state index in [-0.39, 0.29) is 0 Å². The van der Waals surface area contributed by atoms with E-state index in [1.807, 2.05) is 6.07 Å². The summed E-state index contributed by atoms with van der Waals surface area (Å²) in [6.45, 7) is 12.6. The molecule has 0 saturated carbocycles. The van der Waals surface area contributed by atoms with E-state index in [2.05, 4.69) is 52.6 Å². The van der Waals surface area contributed by atoms with Crippen molar-refractivity contribution in [3.63, 3.8) is 0 Å². The van der Waals surface area contributed by atoms with Gasteiger partial charge in [0.15, 0.2) is 0 Å². The van der Waals surface area contributed by atoms with Crippen LogP contribution in [0, 0.1) is 0 Å². The molecule has 0 aliphatic heterocycles. The van der Waals surface area contributed by atoms with Crippen LogP contribution in [-0.4, -0.2) is 28.6 Å². The molecular formula is C19H28N2O. The van der Waals surface area contributed by atoms with E-state index in [0.29, 0.717) is 17.6 Å². The number of nitrogens with zero attached hydrogens (tertiary/aromatic N) is 2. The lowest BCUT2D eigenvalue weighted by atomic mass is 9.92. The Morgan fingerprint density at radius 2 is 1.82 bits per heavy atom. The minimum atomic E-state index is 0.363. The Morgan fingerprint density at radius 1 is 1.14 bits per heavy atom. The van der Waals surface area contributed by atoms with Crippen molar-refractivity contribution in [1.82, 2.24) is 9.88 Å². The van der Waals surface area contributed by atoms with Gasteiger partial charge in [-0.1, -0.05) is 34.6 Å². The Bertz CT molecular complexity index is 662. The molecule has 0 saturated heterocycles. The Labute approximate surface area is 134 Å². The lowest BCUT2D eigenvalue weighted by molar-refractivity contribution is 0.339. The summed E-state index contributed by atoms with van der Waals surface area (Å²) in [6, 6.07) is 5.93. The maximum Gasteiger partial charge on any atom is 0.120 e. The van der Waals surface area contributed by atoms with Crippen molar-refractivity contribution in [2.45, 2.75) is 53.0 Å². The number of aromatic nitrogens is 1. The number of hydrogen-bond donors (Lipinski definition) is 1. The number of pyridine rings is 1. The Morgan fingerprint density at radius 3 is 2.36 bits per heavy atom. The van der Waals surface area contributed by atoms with Gasteiger partial charge in [0.05, 0.1) is 5.52 Å². The molecule has 2 rings (SSSR count). The van der Waals surface area contributed by atoms with Crippen molar-refractivity contribution in [2.75, 3.05) is 13.6 Å². The number of phenolic OH excluding ortho intramolecular Hbond substituents is 1. The molecule has 1 N–H and O–H groups in total. The van der Waals surface area contributed by atoms with Crippen LogP contribution in [0.5, 0.6) is 5.75 Å². The van der Waals surface area contributed by atoms with Gasteiger partial charge < -0.3 is 10.0 Å². The Hall–Kier alpha value is -1.61. The van der Waals surface area contributed by atoms with Gasteiger partial charge >= 0.3 is 0 Å². The maximum absolute atomic E-state index is 10.3. The van der Waals surface area contributed by atoms with Crippen LogP contribution in [0.4, 0.5) is 0 Å². The van der Waals surface area contributed by atoms with Gasteiger partial charge in [-0.25, -0.2) is 0 Å². The van der Waals surface area contributed by atoms with Gasteiger partial charge in [0, 0.05) is 23.2 Å². The van der Waals surface area contributed by atoms with Crippen LogP contribution in [0.1, 0.15) is 63.3 Å². The molecule has 0 atom stereocenters. The van der Waals surface area contributed by atoms with Crippen LogP contribution in [-0.2, 0) is 6.54 Å². The van der Waals surface area contributed by atoms with E-state index in [1.165, 1.54) is 11.3 Å². The number of aromatic hydroxyl groups is 1. The summed E-state index contributed by atoms with van der Waals surface area (Å²) >= 11 is 0. The predicted octanol–water partition coefficient (Wildman–Crippen LogP) is 4.64. The molecule has 3 heteroatoms. The van der Waals surface area contributed by atoms with E-state index in [1.54, 1.807) is 6.07 Å². The molecule has 0 aliphatic carbocycles. The van der Waals surface area contributed by atoms with Crippen molar-refractivity contribution in [3.8, 4) is 5.75 Å². The van der Waals surface area contributed by atoms with Gasteiger partial charge in [0.25, 0.3) is 0 Å². The van der Waals surface area contributed by atoms with Gasteiger partial charge in [-0.3, -0.25) is 4.98 Å². The number of fused-ring (bicyclic) bond motifs is 1. The summed E-state index contributed by atoms with van der Waals surface area (Å²) in [5.41, 5.74) is 4.41. The highest BCUT2D eigenvalue weighted by Crippen LogP contribution is 2.33. The van der Waals surface area contributed by atoms with E-state index in [9.17, 15) is 5.11 Å². The summed E-state index contributed by atoms with van der Waals surface area (Å²) in [6.07, 6.45) is 0. The Balaban J connectivity index is 2.70. The van der Waals surface area contributed by atoms with E-state index in [0.717, 1.165) is 29.6 Å². The Kier molecular flexibility index (Phi) is 5.07. The fourth-order valence-electron chi connectivity index (χ4n) is 2.80. The lowest BCUT2D eigenvalue weighted by Gasteiger charge is -2.20. The maximum atomic E-state index is 10.3. The number of phenols is 1. The molecule has 1 heterocycles. The number of rotatable bonds is 5. The zero-order valence-corrected chi connectivity index (χ0v) is 14.6. The predicted molar refractivity (Wildman–Crippen MR) is 93.6 cm³/mol. The quantitative estimate of drug-likeness (QED) is 0.874. The second-order valence-electron chi connectivity index (χ2n) is 6.73. The van der Waals surface area contributed by atoms with E-state index < -0.39 is 0 Å². The fourth-order valence-corrected chi connectivity index (χ4v) is 2.80. The van der Waals surface area contributed by atoms with Gasteiger partial charge in [0.2, 0.25) is 0 Å². The first kappa shape index (κ1) is 16.8. The first-order valence-corrected chi connectivity index (χ1v) is 8.19. The minimum Gasteiger partial charge on any atom is -0.508 e. The first-order chi connectivity index (χ1) is 10.3. The van der Waals surface area contributed by atoms with Gasteiger partial charge in [-0.2, -0.15) is 0 Å². The monoisotopic (exact) mass is 300 g/mol. The first-order valence-electron chi connectivity index (χ1n) is 8.19. The van der Waals surface area contributed by atoms with Crippen LogP contribution in [0.25, 0.3) is 10.9 Å². The summed E-state index contributed by atoms with van der Waals surface area (Å²) in [4.78, 5) is 7.10. The fraction of sp³-hybridized carbons (Fsp3) is 0.526. The summed E-state index contributed by atoms with van der Waals surface area (Å²) in [5, 5.41) is 11.4. The largest absolute Gasteiger partial charge is 0.508 e. The van der Waals surface area contributed by atoms with Crippen molar-refractivity contribution in [2.24, 2.45) is 0 Å². The zero-order chi connectivity index (χ0) is 16.4. The second-order valence-corrected chi connectivity index (χ2v) is 6.73. The molecule has 120 valence electrons. The molecule has 3 nitrogen and oxygen atoms in total. The molecular weight excluding hydrogens is 272 g/mol. The van der Waals surface area contributed by atoms with Crippen molar-refractivity contribution in [1.29, 1.82) is 0 Å². The lowest BCUT2D eigenvalue weighted by Crippen LogP contribution is -2.17. The molecule has 0 fully saturated rings. The smallest absolute Gasteiger partial charge is 0.120 e. The van der Waals surface area contributed by atoms with Crippen LogP contribution < -0.4 is 0 Å². The average molecular weight is 300 g/mol. The third-order valence-corrected chi connectivity index (χ3v) is 4.28. The molecule has 0 bridgehead atoms. The van der Waals surface area contributed by atoms with Crippen molar-refractivity contribution in [3.05, 3.63) is 35.0 Å². The standard InChI is InChI=1S/C19H28N2O/c1-7-21(6)11-16-15-10-14(12(2)3)19(13(4)5)20-17(15)8-9-18(16)22/h8-10,12-13,22H,7,11H2,1-6H3. The molecule has 1 aromatic heterocycles. The van der Waals surface area contributed by atoms with Gasteiger partial charge in [0.1, 0.15) is 5.75 Å². The normalized spacial score (nSPS) is 12.0. The van der Waals surface area contributed by atoms with Crippen LogP contribution in [0.2, 0.25) is 0 Å². The molecule has 1 aromatic carbocycles. The van der Waals surface area contributed by atoms with Crippen LogP contribution in [0.15, 0.2) is 18.2 Å². The highest BCUT2D eigenvalue weighted by Gasteiger charge is 2.16. The van der Waals surface area contributed by atoms with Crippen LogP contribution in [0.3, 0.4) is 0 Å². The van der Waals surface area contributed by atoms with Crippen molar-refractivity contribution >= 4 is 10.9 Å². The number of benzene rings is 1. The molecule has 2 aromatic rings. The van der Waals surface area contributed by atoms with Gasteiger partial charge in [-0.15, -0.1) is 0 Å². The SMILES string of the molecule is CCN(C)Cc1c(O)ccc2nc(C(C)C)c(C(C)C)cc12. The zero-order valence-electron chi connectivity index (χ0n) is 14.6. The highest BCUT2D eigenvalue weighted by molar-refractivity contribution is 5.85. The molecule has 0 spiro atoms. The van der Waals surface area contributed by atoms with E-state index in [4.69, 9.17) is 4.98 Å². The third kappa shape index (κ3) is 3.25. The average Bonchev–Trinajstić information content (AvgIpc) is 2.48. The highest BCUT2D eigenvalue weighted by atomic mass is 16.3. The summed E-state index contributed by atoms with van der Waals surface area (Å²) in [5.74, 6) is 1.19. The van der Waals surface area contributed by atoms with E-state index >= 15 is 0 Å². The minimum absolute atomic E-state index is 0.363.